The molecular formula is C21H22N4O4. The standard InChI is InChI=1S/C21H22N4O4/c1-21(2,3)29-20(26)24-15-10-8-14(9-11-15)12-23-19-16-6-4-5-7-17(16)22-13-18(19)25(27)28/h4-11,13H,12H2,1-3H3,(H,22,23)(H,24,26). The van der Waals surface area contributed by atoms with Crippen molar-refractivity contribution in [2.75, 3.05) is 10.6 Å². The van der Waals surface area contributed by atoms with Crippen LogP contribution in [-0.4, -0.2) is 21.6 Å². The van der Waals surface area contributed by atoms with E-state index < -0.39 is 16.6 Å². The van der Waals surface area contributed by atoms with Crippen molar-refractivity contribution < 1.29 is 14.5 Å². The molecule has 1 aromatic heterocycles. The molecule has 8 nitrogen and oxygen atoms in total. The number of nitrogens with zero attached hydrogens (tertiary/aromatic N) is 2. The number of benzene rings is 2. The van der Waals surface area contributed by atoms with Crippen molar-refractivity contribution in [2.45, 2.75) is 32.9 Å². The predicted molar refractivity (Wildman–Crippen MR) is 112 cm³/mol. The normalized spacial score (nSPS) is 11.1. The van der Waals surface area contributed by atoms with Crippen LogP contribution in [-0.2, 0) is 11.3 Å². The number of aromatic nitrogens is 1. The van der Waals surface area contributed by atoms with Crippen LogP contribution >= 0.6 is 0 Å². The Morgan fingerprint density at radius 3 is 2.48 bits per heavy atom. The van der Waals surface area contributed by atoms with Gasteiger partial charge < -0.3 is 10.1 Å². The maximum Gasteiger partial charge on any atom is 0.412 e. The zero-order valence-corrected chi connectivity index (χ0v) is 16.4. The number of hydrogen-bond acceptors (Lipinski definition) is 6. The fraction of sp³-hybridized carbons (Fsp3) is 0.238. The summed E-state index contributed by atoms with van der Waals surface area (Å²) in [6.45, 7) is 5.76. The quantitative estimate of drug-likeness (QED) is 0.460. The molecule has 3 aromatic rings. The zero-order chi connectivity index (χ0) is 21.0. The van der Waals surface area contributed by atoms with E-state index in [2.05, 4.69) is 15.6 Å². The fourth-order valence-electron chi connectivity index (χ4n) is 2.77. The Morgan fingerprint density at radius 1 is 1.14 bits per heavy atom. The molecule has 0 aliphatic carbocycles. The van der Waals surface area contributed by atoms with Gasteiger partial charge in [0.2, 0.25) is 0 Å². The van der Waals surface area contributed by atoms with E-state index in [0.29, 0.717) is 28.8 Å². The summed E-state index contributed by atoms with van der Waals surface area (Å²) in [6, 6.07) is 14.4. The third-order valence-corrected chi connectivity index (χ3v) is 4.02. The Labute approximate surface area is 168 Å². The molecule has 0 atom stereocenters. The summed E-state index contributed by atoms with van der Waals surface area (Å²) in [5, 5.41) is 17.9. The lowest BCUT2D eigenvalue weighted by Crippen LogP contribution is -2.27. The Morgan fingerprint density at radius 2 is 1.83 bits per heavy atom. The van der Waals surface area contributed by atoms with Crippen LogP contribution in [0.4, 0.5) is 21.9 Å². The van der Waals surface area contributed by atoms with E-state index >= 15 is 0 Å². The molecule has 0 saturated carbocycles. The van der Waals surface area contributed by atoms with Crippen molar-refractivity contribution in [2.24, 2.45) is 0 Å². The first-order valence-corrected chi connectivity index (χ1v) is 9.08. The minimum atomic E-state index is -0.573. The van der Waals surface area contributed by atoms with E-state index in [4.69, 9.17) is 4.74 Å². The number of carbonyl (C=O) groups is 1. The molecule has 0 aliphatic heterocycles. The van der Waals surface area contributed by atoms with Crippen LogP contribution in [0.15, 0.2) is 54.7 Å². The number of amides is 1. The van der Waals surface area contributed by atoms with Crippen LogP contribution in [0.25, 0.3) is 10.9 Å². The molecule has 0 saturated heterocycles. The van der Waals surface area contributed by atoms with E-state index in [9.17, 15) is 14.9 Å². The average molecular weight is 394 g/mol. The van der Waals surface area contributed by atoms with Crippen LogP contribution in [0.3, 0.4) is 0 Å². The van der Waals surface area contributed by atoms with Gasteiger partial charge in [-0.05, 0) is 44.5 Å². The Hall–Kier alpha value is -3.68. The first kappa shape index (κ1) is 20.1. The number of nitro groups is 1. The summed E-state index contributed by atoms with van der Waals surface area (Å²) in [6.07, 6.45) is 0.737. The van der Waals surface area contributed by atoms with Crippen LogP contribution in [0, 0.1) is 10.1 Å². The highest BCUT2D eigenvalue weighted by Gasteiger charge is 2.18. The molecule has 150 valence electrons. The third kappa shape index (κ3) is 5.19. The highest BCUT2D eigenvalue weighted by Crippen LogP contribution is 2.31. The van der Waals surface area contributed by atoms with Crippen LogP contribution in [0.5, 0.6) is 0 Å². The van der Waals surface area contributed by atoms with Gasteiger partial charge in [0.15, 0.2) is 0 Å². The lowest BCUT2D eigenvalue weighted by Gasteiger charge is -2.19. The van der Waals surface area contributed by atoms with Crippen molar-refractivity contribution >= 4 is 34.1 Å². The van der Waals surface area contributed by atoms with Gasteiger partial charge in [0.05, 0.1) is 10.4 Å². The minimum absolute atomic E-state index is 0.0769. The summed E-state index contributed by atoms with van der Waals surface area (Å²) in [7, 11) is 0. The van der Waals surface area contributed by atoms with Gasteiger partial charge in [-0.25, -0.2) is 9.78 Å². The molecule has 0 fully saturated rings. The number of rotatable bonds is 5. The second-order valence-corrected chi connectivity index (χ2v) is 7.47. The highest BCUT2D eigenvalue weighted by molar-refractivity contribution is 5.95. The zero-order valence-electron chi connectivity index (χ0n) is 16.4. The largest absolute Gasteiger partial charge is 0.444 e. The van der Waals surface area contributed by atoms with Gasteiger partial charge in [-0.15, -0.1) is 0 Å². The van der Waals surface area contributed by atoms with Gasteiger partial charge in [-0.2, -0.15) is 0 Å². The van der Waals surface area contributed by atoms with Crippen molar-refractivity contribution in [3.8, 4) is 0 Å². The van der Waals surface area contributed by atoms with Gasteiger partial charge in [-0.3, -0.25) is 15.4 Å². The van der Waals surface area contributed by atoms with E-state index in [1.807, 2.05) is 24.3 Å². The summed E-state index contributed by atoms with van der Waals surface area (Å²) in [4.78, 5) is 26.9. The summed E-state index contributed by atoms with van der Waals surface area (Å²) < 4.78 is 5.22. The SMILES string of the molecule is CC(C)(C)OC(=O)Nc1ccc(CNc2c([N+](=O)[O-])cnc3ccccc23)cc1. The Kier molecular flexibility index (Phi) is 5.63. The number of carbonyl (C=O) groups excluding carboxylic acids is 1. The molecule has 0 spiro atoms. The lowest BCUT2D eigenvalue weighted by atomic mass is 10.1. The maximum atomic E-state index is 11.8. The predicted octanol–water partition coefficient (Wildman–Crippen LogP) is 5.10. The molecular weight excluding hydrogens is 372 g/mol. The first-order chi connectivity index (χ1) is 13.7. The smallest absolute Gasteiger partial charge is 0.412 e. The van der Waals surface area contributed by atoms with E-state index in [-0.39, 0.29) is 5.69 Å². The molecule has 0 unspecified atom stereocenters. The van der Waals surface area contributed by atoms with E-state index in [0.717, 1.165) is 5.56 Å². The van der Waals surface area contributed by atoms with Gasteiger partial charge in [-0.1, -0.05) is 30.3 Å². The topological polar surface area (TPSA) is 106 Å². The van der Waals surface area contributed by atoms with Crippen molar-refractivity contribution in [1.29, 1.82) is 0 Å². The molecule has 0 radical (unpaired) electrons. The fourth-order valence-corrected chi connectivity index (χ4v) is 2.77. The average Bonchev–Trinajstić information content (AvgIpc) is 2.65. The van der Waals surface area contributed by atoms with Gasteiger partial charge in [0, 0.05) is 17.6 Å². The van der Waals surface area contributed by atoms with Gasteiger partial charge >= 0.3 is 11.8 Å². The Bertz CT molecular complexity index is 1040. The minimum Gasteiger partial charge on any atom is -0.444 e. The van der Waals surface area contributed by atoms with Crippen molar-refractivity contribution in [1.82, 2.24) is 4.98 Å². The number of hydrogen-bond donors (Lipinski definition) is 2. The number of nitrogens with one attached hydrogen (secondary N) is 2. The third-order valence-electron chi connectivity index (χ3n) is 4.02. The molecule has 3 rings (SSSR count). The molecule has 1 heterocycles. The van der Waals surface area contributed by atoms with Crippen LogP contribution < -0.4 is 10.6 Å². The molecule has 29 heavy (non-hydrogen) atoms. The number of para-hydroxylation sites is 1. The molecule has 2 N–H and O–H groups in total. The molecule has 1 amide bonds. The molecule has 8 heteroatoms. The van der Waals surface area contributed by atoms with E-state index in [1.165, 1.54) is 6.20 Å². The molecule has 2 aromatic carbocycles. The lowest BCUT2D eigenvalue weighted by molar-refractivity contribution is -0.384. The number of ether oxygens (including phenoxy) is 1. The summed E-state index contributed by atoms with van der Waals surface area (Å²) >= 11 is 0. The van der Waals surface area contributed by atoms with Crippen molar-refractivity contribution in [3.63, 3.8) is 0 Å². The van der Waals surface area contributed by atoms with Crippen LogP contribution in [0.2, 0.25) is 0 Å². The van der Waals surface area contributed by atoms with Crippen LogP contribution in [0.1, 0.15) is 26.3 Å². The second kappa shape index (κ2) is 8.14. The summed E-state index contributed by atoms with van der Waals surface area (Å²) in [5.41, 5.74) is 1.95. The van der Waals surface area contributed by atoms with Gasteiger partial charge in [0.25, 0.3) is 0 Å². The highest BCUT2D eigenvalue weighted by atomic mass is 16.6. The Balaban J connectivity index is 1.73. The number of fused-ring (bicyclic) bond motifs is 1. The molecule has 0 aliphatic rings. The van der Waals surface area contributed by atoms with E-state index in [1.54, 1.807) is 45.0 Å². The monoisotopic (exact) mass is 394 g/mol. The summed E-state index contributed by atoms with van der Waals surface area (Å²) in [5.74, 6) is 0. The molecule has 0 bridgehead atoms. The second-order valence-electron chi connectivity index (χ2n) is 7.47. The number of pyridine rings is 1. The van der Waals surface area contributed by atoms with Crippen molar-refractivity contribution in [3.05, 3.63) is 70.4 Å². The maximum absolute atomic E-state index is 11.8. The van der Waals surface area contributed by atoms with Gasteiger partial charge in [0.1, 0.15) is 17.5 Å². The first-order valence-electron chi connectivity index (χ1n) is 9.08. The number of anilines is 2.